The standard InChI is InChI=1S/C25H34BrN3O3Si/c1-7-20-21-24(27-17(2)23(26)28-21)29(16-30-14-15-33(4,5)6)22(20)18-8-10-19(11-9-18)25(3)31-12-13-32-25/h8-11H,7,12-16H2,1-6H3. The van der Waals surface area contributed by atoms with E-state index in [0.717, 1.165) is 57.4 Å². The molecule has 1 fully saturated rings. The zero-order valence-corrected chi connectivity index (χ0v) is 23.1. The molecule has 8 heteroatoms. The maximum absolute atomic E-state index is 6.19. The Morgan fingerprint density at radius 1 is 1.12 bits per heavy atom. The maximum atomic E-state index is 6.19. The third kappa shape index (κ3) is 5.10. The van der Waals surface area contributed by atoms with Gasteiger partial charge in [-0.25, -0.2) is 9.97 Å². The van der Waals surface area contributed by atoms with Gasteiger partial charge < -0.3 is 14.2 Å². The number of hydrogen-bond donors (Lipinski definition) is 0. The van der Waals surface area contributed by atoms with Crippen molar-refractivity contribution in [1.29, 1.82) is 0 Å². The molecule has 0 unspecified atom stereocenters. The van der Waals surface area contributed by atoms with Gasteiger partial charge in [0.05, 0.1) is 24.6 Å². The first-order valence-corrected chi connectivity index (χ1v) is 16.1. The Kier molecular flexibility index (Phi) is 7.12. The van der Waals surface area contributed by atoms with Crippen molar-refractivity contribution >= 4 is 35.2 Å². The van der Waals surface area contributed by atoms with Crippen LogP contribution in [-0.2, 0) is 33.1 Å². The van der Waals surface area contributed by atoms with Gasteiger partial charge in [0.15, 0.2) is 11.4 Å². The highest BCUT2D eigenvalue weighted by molar-refractivity contribution is 9.10. The van der Waals surface area contributed by atoms with Crippen LogP contribution in [0.5, 0.6) is 0 Å². The summed E-state index contributed by atoms with van der Waals surface area (Å²) in [5, 5.41) is 0. The van der Waals surface area contributed by atoms with Gasteiger partial charge in [-0.2, -0.15) is 0 Å². The highest BCUT2D eigenvalue weighted by Gasteiger charge is 2.33. The lowest BCUT2D eigenvalue weighted by molar-refractivity contribution is -0.149. The molecule has 178 valence electrons. The van der Waals surface area contributed by atoms with Crippen LogP contribution >= 0.6 is 15.9 Å². The van der Waals surface area contributed by atoms with Crippen molar-refractivity contribution in [2.24, 2.45) is 0 Å². The SMILES string of the molecule is CCc1c(-c2ccc(C3(C)OCCO3)cc2)n(COCC[Si](C)(C)C)c2nc(C)c(Br)nc12. The molecule has 1 aromatic carbocycles. The fourth-order valence-corrected chi connectivity index (χ4v) is 5.22. The van der Waals surface area contributed by atoms with Crippen molar-refractivity contribution in [3.8, 4) is 11.3 Å². The largest absolute Gasteiger partial charge is 0.361 e. The van der Waals surface area contributed by atoms with Gasteiger partial charge in [-0.15, -0.1) is 0 Å². The number of rotatable bonds is 8. The van der Waals surface area contributed by atoms with Crippen molar-refractivity contribution < 1.29 is 14.2 Å². The minimum atomic E-state index is -1.16. The summed E-state index contributed by atoms with van der Waals surface area (Å²) in [6.45, 7) is 15.7. The van der Waals surface area contributed by atoms with E-state index in [-0.39, 0.29) is 0 Å². The Morgan fingerprint density at radius 3 is 2.39 bits per heavy atom. The zero-order valence-electron chi connectivity index (χ0n) is 20.5. The van der Waals surface area contributed by atoms with E-state index in [0.29, 0.717) is 19.9 Å². The van der Waals surface area contributed by atoms with Gasteiger partial charge in [0.25, 0.3) is 0 Å². The van der Waals surface area contributed by atoms with Gasteiger partial charge in [0.1, 0.15) is 16.9 Å². The van der Waals surface area contributed by atoms with E-state index in [1.54, 1.807) is 0 Å². The van der Waals surface area contributed by atoms with Crippen LogP contribution in [0.15, 0.2) is 28.9 Å². The predicted molar refractivity (Wildman–Crippen MR) is 138 cm³/mol. The van der Waals surface area contributed by atoms with Crippen LogP contribution in [0.4, 0.5) is 0 Å². The van der Waals surface area contributed by atoms with Gasteiger partial charge in [-0.05, 0) is 47.8 Å². The Bertz CT molecular complexity index is 1130. The second-order valence-electron chi connectivity index (χ2n) is 9.95. The number of aryl methyl sites for hydroxylation is 2. The van der Waals surface area contributed by atoms with Crippen molar-refractivity contribution in [2.45, 2.75) is 65.4 Å². The van der Waals surface area contributed by atoms with Crippen LogP contribution in [0.1, 0.15) is 30.7 Å². The predicted octanol–water partition coefficient (Wildman–Crippen LogP) is 6.26. The van der Waals surface area contributed by atoms with Crippen LogP contribution in [0, 0.1) is 6.92 Å². The molecule has 0 bridgehead atoms. The topological polar surface area (TPSA) is 58.4 Å². The molecule has 33 heavy (non-hydrogen) atoms. The van der Waals surface area contributed by atoms with Gasteiger partial charge in [0, 0.05) is 25.8 Å². The molecule has 0 aliphatic carbocycles. The lowest BCUT2D eigenvalue weighted by Crippen LogP contribution is -2.22. The number of nitrogens with zero attached hydrogens (tertiary/aromatic N) is 3. The van der Waals surface area contributed by atoms with Gasteiger partial charge in [0.2, 0.25) is 0 Å². The molecule has 1 aliphatic rings. The molecule has 4 rings (SSSR count). The number of hydrogen-bond acceptors (Lipinski definition) is 5. The molecule has 3 aromatic rings. The lowest BCUT2D eigenvalue weighted by atomic mass is 10.0. The summed E-state index contributed by atoms with van der Waals surface area (Å²) in [4.78, 5) is 9.75. The molecule has 0 amide bonds. The molecule has 1 aliphatic heterocycles. The van der Waals surface area contributed by atoms with E-state index in [1.165, 1.54) is 5.56 Å². The summed E-state index contributed by atoms with van der Waals surface area (Å²) in [5.74, 6) is -0.677. The van der Waals surface area contributed by atoms with Gasteiger partial charge in [-0.3, -0.25) is 4.57 Å². The molecule has 3 heterocycles. The number of fused-ring (bicyclic) bond motifs is 1. The first-order valence-electron chi connectivity index (χ1n) is 11.6. The fraction of sp³-hybridized carbons (Fsp3) is 0.520. The number of ether oxygens (including phenoxy) is 3. The Labute approximate surface area is 205 Å². The normalized spacial score (nSPS) is 16.1. The minimum Gasteiger partial charge on any atom is -0.361 e. The summed E-state index contributed by atoms with van der Waals surface area (Å²) >= 11 is 3.57. The molecule has 0 radical (unpaired) electrons. The molecule has 6 nitrogen and oxygen atoms in total. The first-order chi connectivity index (χ1) is 15.6. The Morgan fingerprint density at radius 2 is 1.79 bits per heavy atom. The van der Waals surface area contributed by atoms with Crippen LogP contribution in [0.25, 0.3) is 22.4 Å². The van der Waals surface area contributed by atoms with E-state index in [1.807, 2.05) is 13.8 Å². The number of benzene rings is 1. The molecule has 0 atom stereocenters. The van der Waals surface area contributed by atoms with E-state index >= 15 is 0 Å². The molecular weight excluding hydrogens is 498 g/mol. The number of aromatic nitrogens is 3. The lowest BCUT2D eigenvalue weighted by Gasteiger charge is -2.23. The summed E-state index contributed by atoms with van der Waals surface area (Å²) in [6.07, 6.45) is 0.851. The van der Waals surface area contributed by atoms with E-state index in [4.69, 9.17) is 24.2 Å². The van der Waals surface area contributed by atoms with Crippen LogP contribution in [0.3, 0.4) is 0 Å². The molecule has 0 spiro atoms. The van der Waals surface area contributed by atoms with Crippen LogP contribution in [-0.4, -0.2) is 42.4 Å². The summed E-state index contributed by atoms with van der Waals surface area (Å²) in [5.41, 5.74) is 7.09. The van der Waals surface area contributed by atoms with Gasteiger partial charge >= 0.3 is 0 Å². The smallest absolute Gasteiger partial charge is 0.192 e. The highest BCUT2D eigenvalue weighted by Crippen LogP contribution is 2.36. The molecule has 1 saturated heterocycles. The fourth-order valence-electron chi connectivity index (χ4n) is 4.20. The summed E-state index contributed by atoms with van der Waals surface area (Å²) < 4.78 is 20.8. The van der Waals surface area contributed by atoms with Gasteiger partial charge in [-0.1, -0.05) is 50.8 Å². The molecule has 2 aromatic heterocycles. The second-order valence-corrected chi connectivity index (χ2v) is 16.3. The highest BCUT2D eigenvalue weighted by atomic mass is 79.9. The molecule has 0 saturated carbocycles. The summed E-state index contributed by atoms with van der Waals surface area (Å²) in [6, 6.07) is 9.59. The quantitative estimate of drug-likeness (QED) is 0.253. The third-order valence-electron chi connectivity index (χ3n) is 6.18. The second kappa shape index (κ2) is 9.58. The monoisotopic (exact) mass is 531 g/mol. The average molecular weight is 533 g/mol. The first kappa shape index (κ1) is 24.5. The van der Waals surface area contributed by atoms with Crippen LogP contribution < -0.4 is 0 Å². The van der Waals surface area contributed by atoms with Crippen LogP contribution in [0.2, 0.25) is 25.7 Å². The van der Waals surface area contributed by atoms with Crippen molar-refractivity contribution in [2.75, 3.05) is 19.8 Å². The van der Waals surface area contributed by atoms with E-state index in [9.17, 15) is 0 Å². The zero-order chi connectivity index (χ0) is 23.8. The van der Waals surface area contributed by atoms with E-state index < -0.39 is 13.9 Å². The van der Waals surface area contributed by atoms with Crippen molar-refractivity contribution in [3.63, 3.8) is 0 Å². The number of halogens is 1. The van der Waals surface area contributed by atoms with Crippen molar-refractivity contribution in [3.05, 3.63) is 45.7 Å². The Hall–Kier alpha value is -1.58. The third-order valence-corrected chi connectivity index (χ3v) is 8.64. The maximum Gasteiger partial charge on any atom is 0.192 e. The molecule has 0 N–H and O–H groups in total. The minimum absolute atomic E-state index is 0.456. The Balaban J connectivity index is 1.77. The molecular formula is C25H34BrN3O3Si. The summed E-state index contributed by atoms with van der Waals surface area (Å²) in [7, 11) is -1.16. The van der Waals surface area contributed by atoms with E-state index in [2.05, 4.69) is 71.3 Å². The average Bonchev–Trinajstić information content (AvgIpc) is 3.33. The van der Waals surface area contributed by atoms with Crippen molar-refractivity contribution in [1.82, 2.24) is 14.5 Å².